The Balaban J connectivity index is 1.82. The van der Waals surface area contributed by atoms with E-state index >= 15 is 0 Å². The molecule has 0 saturated heterocycles. The molecule has 152 valence electrons. The van der Waals surface area contributed by atoms with Crippen molar-refractivity contribution in [1.82, 2.24) is 9.13 Å². The second kappa shape index (κ2) is 9.39. The highest BCUT2D eigenvalue weighted by molar-refractivity contribution is 5.34. The zero-order valence-electron chi connectivity index (χ0n) is 16.3. The summed E-state index contributed by atoms with van der Waals surface area (Å²) in [6.45, 7) is 3.89. The zero-order valence-corrected chi connectivity index (χ0v) is 16.3. The predicted molar refractivity (Wildman–Crippen MR) is 109 cm³/mol. The molecule has 2 heterocycles. The standard InChI is InChI=1S/C22H25N3O4/c1-2-8-16-9-5-6-11-20(16)29-15-17(26)14-25-21(27)18(13-23)19-10-4-3-7-12-24(19)22(25)28/h2,5-6,9,11,17,26H,1,3-4,7-8,10,12,14-15H2. The molecule has 29 heavy (non-hydrogen) atoms. The lowest BCUT2D eigenvalue weighted by Crippen LogP contribution is -2.45. The van der Waals surface area contributed by atoms with Gasteiger partial charge in [0.2, 0.25) is 0 Å². The first-order valence-electron chi connectivity index (χ1n) is 9.83. The van der Waals surface area contributed by atoms with Crippen LogP contribution in [0.15, 0.2) is 46.5 Å². The monoisotopic (exact) mass is 395 g/mol. The quantitative estimate of drug-likeness (QED) is 0.721. The minimum Gasteiger partial charge on any atom is -0.491 e. The van der Waals surface area contributed by atoms with E-state index in [1.165, 1.54) is 4.57 Å². The molecule has 1 aliphatic heterocycles. The Kier molecular flexibility index (Phi) is 6.68. The van der Waals surface area contributed by atoms with Crippen LogP contribution in [0, 0.1) is 11.3 Å². The van der Waals surface area contributed by atoms with Gasteiger partial charge in [0.1, 0.15) is 30.1 Å². The second-order valence-electron chi connectivity index (χ2n) is 7.16. The van der Waals surface area contributed by atoms with Gasteiger partial charge in [-0.15, -0.1) is 6.58 Å². The number of para-hydroxylation sites is 1. The van der Waals surface area contributed by atoms with Gasteiger partial charge in [-0.25, -0.2) is 4.79 Å². The first-order chi connectivity index (χ1) is 14.1. The van der Waals surface area contributed by atoms with E-state index in [0.717, 1.165) is 29.4 Å². The Morgan fingerprint density at radius 1 is 1.28 bits per heavy atom. The summed E-state index contributed by atoms with van der Waals surface area (Å²) < 4.78 is 8.17. The number of rotatable bonds is 7. The van der Waals surface area contributed by atoms with Crippen molar-refractivity contribution in [2.45, 2.75) is 51.3 Å². The van der Waals surface area contributed by atoms with E-state index in [1.54, 1.807) is 12.1 Å². The van der Waals surface area contributed by atoms with Crippen molar-refractivity contribution < 1.29 is 9.84 Å². The molecule has 0 spiro atoms. The van der Waals surface area contributed by atoms with Gasteiger partial charge in [0, 0.05) is 12.2 Å². The van der Waals surface area contributed by atoms with E-state index in [-0.39, 0.29) is 18.7 Å². The second-order valence-corrected chi connectivity index (χ2v) is 7.16. The van der Waals surface area contributed by atoms with Crippen molar-refractivity contribution in [1.29, 1.82) is 5.26 Å². The van der Waals surface area contributed by atoms with Gasteiger partial charge in [-0.05, 0) is 37.3 Å². The van der Waals surface area contributed by atoms with E-state index < -0.39 is 17.4 Å². The van der Waals surface area contributed by atoms with Gasteiger partial charge in [-0.2, -0.15) is 5.26 Å². The van der Waals surface area contributed by atoms with Crippen molar-refractivity contribution >= 4 is 0 Å². The lowest BCUT2D eigenvalue weighted by molar-refractivity contribution is 0.0895. The maximum atomic E-state index is 12.9. The van der Waals surface area contributed by atoms with Crippen LogP contribution in [0.1, 0.15) is 36.1 Å². The summed E-state index contributed by atoms with van der Waals surface area (Å²) in [5, 5.41) is 19.9. The molecule has 1 N–H and O–H groups in total. The van der Waals surface area contributed by atoms with Gasteiger partial charge >= 0.3 is 5.69 Å². The minimum atomic E-state index is -1.08. The maximum Gasteiger partial charge on any atom is 0.331 e. The molecule has 3 rings (SSSR count). The normalized spacial score (nSPS) is 14.3. The Labute approximate surface area is 169 Å². The van der Waals surface area contributed by atoms with Crippen LogP contribution in [-0.2, 0) is 25.9 Å². The molecule has 1 unspecified atom stereocenters. The Morgan fingerprint density at radius 2 is 2.07 bits per heavy atom. The fourth-order valence-electron chi connectivity index (χ4n) is 3.66. The third-order valence-electron chi connectivity index (χ3n) is 5.10. The topological polar surface area (TPSA) is 97.2 Å². The molecule has 0 bridgehead atoms. The van der Waals surface area contributed by atoms with E-state index in [2.05, 4.69) is 6.58 Å². The number of fused-ring (bicyclic) bond motifs is 1. The number of allylic oxidation sites excluding steroid dienone is 1. The number of aliphatic hydroxyl groups excluding tert-OH is 1. The Bertz CT molecular complexity index is 1050. The number of hydrogen-bond acceptors (Lipinski definition) is 5. The third-order valence-corrected chi connectivity index (χ3v) is 5.10. The lowest BCUT2D eigenvalue weighted by atomic mass is 10.1. The summed E-state index contributed by atoms with van der Waals surface area (Å²) in [7, 11) is 0. The largest absolute Gasteiger partial charge is 0.491 e. The van der Waals surface area contributed by atoms with Crippen LogP contribution < -0.4 is 16.0 Å². The summed E-state index contributed by atoms with van der Waals surface area (Å²) in [6.07, 6.45) is 4.47. The molecule has 7 heteroatoms. The average molecular weight is 395 g/mol. The maximum absolute atomic E-state index is 12.9. The molecule has 1 atom stereocenters. The molecule has 1 aliphatic rings. The molecule has 0 aliphatic carbocycles. The average Bonchev–Trinajstić information content (AvgIpc) is 2.97. The van der Waals surface area contributed by atoms with E-state index in [0.29, 0.717) is 30.8 Å². The van der Waals surface area contributed by atoms with Gasteiger partial charge in [0.15, 0.2) is 0 Å². The number of nitrogens with zero attached hydrogens (tertiary/aromatic N) is 3. The lowest BCUT2D eigenvalue weighted by Gasteiger charge is -2.18. The molecule has 0 fully saturated rings. The number of aliphatic hydroxyl groups is 1. The Hall–Kier alpha value is -3.11. The Morgan fingerprint density at radius 3 is 2.83 bits per heavy atom. The van der Waals surface area contributed by atoms with Crippen LogP contribution >= 0.6 is 0 Å². The number of hydrogen-bond donors (Lipinski definition) is 1. The number of aromatic nitrogens is 2. The van der Waals surface area contributed by atoms with Crippen LogP contribution in [0.3, 0.4) is 0 Å². The van der Waals surface area contributed by atoms with Gasteiger partial charge in [-0.3, -0.25) is 13.9 Å². The zero-order chi connectivity index (χ0) is 20.8. The number of benzene rings is 1. The molecule has 7 nitrogen and oxygen atoms in total. The summed E-state index contributed by atoms with van der Waals surface area (Å²) in [4.78, 5) is 25.6. The van der Waals surface area contributed by atoms with Gasteiger partial charge in [-0.1, -0.05) is 30.7 Å². The highest BCUT2D eigenvalue weighted by Gasteiger charge is 2.22. The van der Waals surface area contributed by atoms with Gasteiger partial charge < -0.3 is 9.84 Å². The fourth-order valence-corrected chi connectivity index (χ4v) is 3.66. The molecular formula is C22H25N3O4. The number of nitriles is 1. The highest BCUT2D eigenvalue weighted by Crippen LogP contribution is 2.19. The van der Waals surface area contributed by atoms with E-state index in [1.807, 2.05) is 24.3 Å². The molecule has 0 saturated carbocycles. The first-order valence-corrected chi connectivity index (χ1v) is 9.83. The fraction of sp³-hybridized carbons (Fsp3) is 0.409. The van der Waals surface area contributed by atoms with Crippen LogP contribution in [0.25, 0.3) is 0 Å². The van der Waals surface area contributed by atoms with Crippen LogP contribution in [0.2, 0.25) is 0 Å². The van der Waals surface area contributed by atoms with Crippen molar-refractivity contribution in [3.8, 4) is 11.8 Å². The SMILES string of the molecule is C=CCc1ccccc1OCC(O)Cn1c(=O)c(C#N)c2n(c1=O)CCCCC2. The van der Waals surface area contributed by atoms with E-state index in [4.69, 9.17) is 4.74 Å². The molecule has 0 amide bonds. The molecule has 1 aromatic carbocycles. The van der Waals surface area contributed by atoms with Crippen molar-refractivity contribution in [3.05, 3.63) is 74.6 Å². The number of ether oxygens (including phenoxy) is 1. The van der Waals surface area contributed by atoms with E-state index in [9.17, 15) is 20.0 Å². The van der Waals surface area contributed by atoms with Crippen LogP contribution in [0.5, 0.6) is 5.75 Å². The molecule has 1 aromatic heterocycles. The van der Waals surface area contributed by atoms with Crippen molar-refractivity contribution in [2.24, 2.45) is 0 Å². The predicted octanol–water partition coefficient (Wildman–Crippen LogP) is 1.78. The highest BCUT2D eigenvalue weighted by atomic mass is 16.5. The van der Waals surface area contributed by atoms with Crippen molar-refractivity contribution in [2.75, 3.05) is 6.61 Å². The van der Waals surface area contributed by atoms with Crippen molar-refractivity contribution in [3.63, 3.8) is 0 Å². The summed E-state index contributed by atoms with van der Waals surface area (Å²) in [5.74, 6) is 0.621. The van der Waals surface area contributed by atoms with Crippen LogP contribution in [-0.4, -0.2) is 27.0 Å². The van der Waals surface area contributed by atoms with Gasteiger partial charge in [0.05, 0.1) is 6.54 Å². The molecule has 2 aromatic rings. The molecular weight excluding hydrogens is 370 g/mol. The van der Waals surface area contributed by atoms with Gasteiger partial charge in [0.25, 0.3) is 5.56 Å². The van der Waals surface area contributed by atoms with Crippen LogP contribution in [0.4, 0.5) is 0 Å². The minimum absolute atomic E-state index is 0.00375. The summed E-state index contributed by atoms with van der Waals surface area (Å²) in [6, 6.07) is 9.38. The molecule has 0 radical (unpaired) electrons. The summed E-state index contributed by atoms with van der Waals surface area (Å²) in [5.41, 5.74) is 0.328. The summed E-state index contributed by atoms with van der Waals surface area (Å²) >= 11 is 0. The third kappa shape index (κ3) is 4.49. The first kappa shape index (κ1) is 20.6. The smallest absolute Gasteiger partial charge is 0.331 e.